The summed E-state index contributed by atoms with van der Waals surface area (Å²) in [6.07, 6.45) is 1.57. The molecule has 1 saturated heterocycles. The highest BCUT2D eigenvalue weighted by atomic mass is 35.5. The van der Waals surface area contributed by atoms with Crippen LogP contribution in [0.2, 0.25) is 5.02 Å². The molecule has 0 radical (unpaired) electrons. The molecule has 1 aliphatic rings. The largest absolute Gasteiger partial charge is 0.465 e. The van der Waals surface area contributed by atoms with Crippen molar-refractivity contribution in [1.82, 2.24) is 14.8 Å². The van der Waals surface area contributed by atoms with Gasteiger partial charge in [0.2, 0.25) is 0 Å². The number of likely N-dealkylation sites (N-methyl/N-ethyl adjacent to an activating group) is 1. The van der Waals surface area contributed by atoms with E-state index in [-0.39, 0.29) is 5.91 Å². The normalized spacial score (nSPS) is 14.7. The topological polar surface area (TPSA) is 74.8 Å². The zero-order chi connectivity index (χ0) is 19.4. The van der Waals surface area contributed by atoms with E-state index in [1.165, 1.54) is 7.11 Å². The SMILES string of the molecule is COC(=O)c1ccc(Cl)c(Nc2cc(C(=O)N3CCN(C)CC3)ccn2)c1. The van der Waals surface area contributed by atoms with E-state index in [9.17, 15) is 9.59 Å². The van der Waals surface area contributed by atoms with Crippen LogP contribution >= 0.6 is 11.6 Å². The van der Waals surface area contributed by atoms with E-state index in [0.717, 1.165) is 13.1 Å². The van der Waals surface area contributed by atoms with E-state index in [4.69, 9.17) is 16.3 Å². The summed E-state index contributed by atoms with van der Waals surface area (Å²) in [6, 6.07) is 8.15. The molecule has 0 atom stereocenters. The van der Waals surface area contributed by atoms with Crippen molar-refractivity contribution in [2.45, 2.75) is 0 Å². The lowest BCUT2D eigenvalue weighted by Crippen LogP contribution is -2.47. The molecule has 1 aromatic heterocycles. The molecule has 1 fully saturated rings. The molecule has 0 unspecified atom stereocenters. The fourth-order valence-corrected chi connectivity index (χ4v) is 2.99. The Hall–Kier alpha value is -2.64. The second-order valence-electron chi connectivity index (χ2n) is 6.34. The van der Waals surface area contributed by atoms with Gasteiger partial charge in [-0.05, 0) is 37.4 Å². The third-order valence-electron chi connectivity index (χ3n) is 4.45. The highest BCUT2D eigenvalue weighted by Crippen LogP contribution is 2.26. The lowest BCUT2D eigenvalue weighted by atomic mass is 10.2. The van der Waals surface area contributed by atoms with Crippen LogP contribution in [0, 0.1) is 0 Å². The first kappa shape index (κ1) is 19.1. The molecule has 7 nitrogen and oxygen atoms in total. The minimum absolute atomic E-state index is 0.0250. The molecule has 142 valence electrons. The Balaban J connectivity index is 1.78. The van der Waals surface area contributed by atoms with Gasteiger partial charge in [-0.2, -0.15) is 0 Å². The number of amides is 1. The van der Waals surface area contributed by atoms with E-state index in [2.05, 4.69) is 15.2 Å². The number of hydrogen-bond donors (Lipinski definition) is 1. The zero-order valence-corrected chi connectivity index (χ0v) is 16.0. The van der Waals surface area contributed by atoms with Crippen LogP contribution in [0.3, 0.4) is 0 Å². The van der Waals surface area contributed by atoms with Crippen molar-refractivity contribution in [3.05, 3.63) is 52.7 Å². The fraction of sp³-hybridized carbons (Fsp3) is 0.316. The van der Waals surface area contributed by atoms with Gasteiger partial charge in [-0.3, -0.25) is 4.79 Å². The molecular weight excluding hydrogens is 368 g/mol. The number of hydrogen-bond acceptors (Lipinski definition) is 6. The summed E-state index contributed by atoms with van der Waals surface area (Å²) in [7, 11) is 3.36. The molecule has 0 spiro atoms. The van der Waals surface area contributed by atoms with Gasteiger partial charge in [0.1, 0.15) is 5.82 Å². The highest BCUT2D eigenvalue weighted by molar-refractivity contribution is 6.33. The molecule has 27 heavy (non-hydrogen) atoms. The van der Waals surface area contributed by atoms with Crippen LogP contribution in [-0.4, -0.2) is 67.0 Å². The van der Waals surface area contributed by atoms with Crippen molar-refractivity contribution in [3.63, 3.8) is 0 Å². The zero-order valence-electron chi connectivity index (χ0n) is 15.2. The molecule has 1 aromatic carbocycles. The maximum Gasteiger partial charge on any atom is 0.337 e. The van der Waals surface area contributed by atoms with Crippen LogP contribution in [0.25, 0.3) is 0 Å². The Morgan fingerprint density at radius 1 is 1.11 bits per heavy atom. The van der Waals surface area contributed by atoms with Crippen LogP contribution in [0.5, 0.6) is 0 Å². The minimum atomic E-state index is -0.457. The summed E-state index contributed by atoms with van der Waals surface area (Å²) in [6.45, 7) is 3.12. The van der Waals surface area contributed by atoms with Crippen molar-refractivity contribution < 1.29 is 14.3 Å². The number of carbonyl (C=O) groups excluding carboxylic acids is 2. The van der Waals surface area contributed by atoms with Crippen LogP contribution in [-0.2, 0) is 4.74 Å². The third-order valence-corrected chi connectivity index (χ3v) is 4.78. The van der Waals surface area contributed by atoms with Crippen molar-refractivity contribution >= 4 is 35.0 Å². The van der Waals surface area contributed by atoms with E-state index in [1.54, 1.807) is 36.5 Å². The molecule has 8 heteroatoms. The number of pyridine rings is 1. The number of methoxy groups -OCH3 is 1. The Kier molecular flexibility index (Phi) is 5.93. The Morgan fingerprint density at radius 2 is 1.85 bits per heavy atom. The Morgan fingerprint density at radius 3 is 2.56 bits per heavy atom. The summed E-state index contributed by atoms with van der Waals surface area (Å²) in [4.78, 5) is 32.7. The lowest BCUT2D eigenvalue weighted by molar-refractivity contribution is 0.0600. The average Bonchev–Trinajstić information content (AvgIpc) is 2.69. The van der Waals surface area contributed by atoms with Gasteiger partial charge in [-0.1, -0.05) is 11.6 Å². The van der Waals surface area contributed by atoms with Gasteiger partial charge in [-0.25, -0.2) is 9.78 Å². The summed E-state index contributed by atoms with van der Waals surface area (Å²) >= 11 is 6.21. The standard InChI is InChI=1S/C19H21ClN4O3/c1-23-7-9-24(10-8-23)18(25)13-5-6-21-17(12-13)22-16-11-14(19(26)27-2)3-4-15(16)20/h3-6,11-12H,7-10H2,1-2H3,(H,21,22). The van der Waals surface area contributed by atoms with E-state index in [0.29, 0.717) is 40.7 Å². The minimum Gasteiger partial charge on any atom is -0.465 e. The quantitative estimate of drug-likeness (QED) is 0.811. The first-order valence-corrected chi connectivity index (χ1v) is 8.94. The van der Waals surface area contributed by atoms with E-state index < -0.39 is 5.97 Å². The average molecular weight is 389 g/mol. The number of rotatable bonds is 4. The summed E-state index contributed by atoms with van der Waals surface area (Å²) in [5.74, 6) is -0.0106. The van der Waals surface area contributed by atoms with Gasteiger partial charge >= 0.3 is 5.97 Å². The smallest absolute Gasteiger partial charge is 0.337 e. The number of anilines is 2. The summed E-state index contributed by atoms with van der Waals surface area (Å²) in [5, 5.41) is 3.50. The second-order valence-corrected chi connectivity index (χ2v) is 6.74. The van der Waals surface area contributed by atoms with Gasteiger partial charge in [0.15, 0.2) is 0 Å². The van der Waals surface area contributed by atoms with Crippen molar-refractivity contribution in [2.75, 3.05) is 45.7 Å². The van der Waals surface area contributed by atoms with Gasteiger partial charge in [0.25, 0.3) is 5.91 Å². The number of esters is 1. The van der Waals surface area contributed by atoms with Gasteiger partial charge in [0.05, 0.1) is 23.4 Å². The number of halogens is 1. The molecule has 2 heterocycles. The van der Waals surface area contributed by atoms with Gasteiger partial charge < -0.3 is 19.9 Å². The molecule has 1 N–H and O–H groups in total. The molecule has 1 amide bonds. The number of benzene rings is 1. The predicted octanol–water partition coefficient (Wildman–Crippen LogP) is 2.65. The van der Waals surface area contributed by atoms with Crippen LogP contribution < -0.4 is 5.32 Å². The molecule has 0 bridgehead atoms. The highest BCUT2D eigenvalue weighted by Gasteiger charge is 2.20. The van der Waals surface area contributed by atoms with E-state index >= 15 is 0 Å². The molecule has 0 saturated carbocycles. The maximum absolute atomic E-state index is 12.7. The van der Waals surface area contributed by atoms with Gasteiger partial charge in [0, 0.05) is 37.9 Å². The summed E-state index contributed by atoms with van der Waals surface area (Å²) < 4.78 is 4.73. The van der Waals surface area contributed by atoms with Crippen LogP contribution in [0.1, 0.15) is 20.7 Å². The summed E-state index contributed by atoms with van der Waals surface area (Å²) in [5.41, 5.74) is 1.43. The molecule has 1 aliphatic heterocycles. The predicted molar refractivity (Wildman–Crippen MR) is 104 cm³/mol. The van der Waals surface area contributed by atoms with E-state index in [1.807, 2.05) is 11.9 Å². The first-order valence-electron chi connectivity index (χ1n) is 8.56. The number of piperazine rings is 1. The van der Waals surface area contributed by atoms with Crippen molar-refractivity contribution in [1.29, 1.82) is 0 Å². The Labute approximate surface area is 162 Å². The molecule has 0 aliphatic carbocycles. The van der Waals surface area contributed by atoms with Crippen LogP contribution in [0.15, 0.2) is 36.5 Å². The molecular formula is C19H21ClN4O3. The number of nitrogens with one attached hydrogen (secondary N) is 1. The lowest BCUT2D eigenvalue weighted by Gasteiger charge is -2.32. The van der Waals surface area contributed by atoms with Crippen molar-refractivity contribution in [3.8, 4) is 0 Å². The number of nitrogens with zero attached hydrogens (tertiary/aromatic N) is 3. The number of ether oxygens (including phenoxy) is 1. The Bertz CT molecular complexity index is 851. The first-order chi connectivity index (χ1) is 13.0. The maximum atomic E-state index is 12.7. The van der Waals surface area contributed by atoms with Crippen molar-refractivity contribution in [2.24, 2.45) is 0 Å². The number of carbonyl (C=O) groups is 2. The second kappa shape index (κ2) is 8.37. The van der Waals surface area contributed by atoms with Gasteiger partial charge in [-0.15, -0.1) is 0 Å². The molecule has 3 rings (SSSR count). The number of aromatic nitrogens is 1. The fourth-order valence-electron chi connectivity index (χ4n) is 2.83. The monoisotopic (exact) mass is 388 g/mol. The molecule has 2 aromatic rings. The third kappa shape index (κ3) is 4.56. The van der Waals surface area contributed by atoms with Crippen LogP contribution in [0.4, 0.5) is 11.5 Å².